The Hall–Kier alpha value is -2.15. The van der Waals surface area contributed by atoms with Gasteiger partial charge < -0.3 is 15.4 Å². The Morgan fingerprint density at radius 1 is 1.27 bits per heavy atom. The molecule has 0 aromatic carbocycles. The van der Waals surface area contributed by atoms with Gasteiger partial charge in [0.2, 0.25) is 5.88 Å². The Kier molecular flexibility index (Phi) is 4.80. The van der Waals surface area contributed by atoms with Crippen molar-refractivity contribution >= 4 is 16.9 Å². The molecule has 7 nitrogen and oxygen atoms in total. The Balaban J connectivity index is 1.52. The number of carbonyl (C=O) groups is 1. The number of rotatable bonds is 4. The van der Waals surface area contributed by atoms with Crippen LogP contribution >= 0.6 is 0 Å². The number of piperidine rings is 1. The molecule has 2 fully saturated rings. The van der Waals surface area contributed by atoms with Crippen LogP contribution < -0.4 is 15.4 Å². The second kappa shape index (κ2) is 7.23. The van der Waals surface area contributed by atoms with Gasteiger partial charge in [-0.2, -0.15) is 10.1 Å². The first-order valence-corrected chi connectivity index (χ1v) is 9.62. The largest absolute Gasteiger partial charge is 0.474 e. The number of fused-ring (bicyclic) bond motifs is 1. The van der Waals surface area contributed by atoms with Crippen LogP contribution in [-0.2, 0) is 7.05 Å². The number of hydrogen-bond donors (Lipinski definition) is 2. The van der Waals surface area contributed by atoms with Crippen LogP contribution in [0.2, 0.25) is 0 Å². The summed E-state index contributed by atoms with van der Waals surface area (Å²) in [5, 5.41) is 11.6. The van der Waals surface area contributed by atoms with Crippen LogP contribution in [0.3, 0.4) is 0 Å². The average Bonchev–Trinajstić information content (AvgIpc) is 3.19. The van der Waals surface area contributed by atoms with Crippen LogP contribution in [0.4, 0.5) is 0 Å². The summed E-state index contributed by atoms with van der Waals surface area (Å²) in [4.78, 5) is 17.3. The Morgan fingerprint density at radius 3 is 2.81 bits per heavy atom. The van der Waals surface area contributed by atoms with Gasteiger partial charge in [0.1, 0.15) is 6.10 Å². The molecular weight excluding hydrogens is 330 g/mol. The predicted molar refractivity (Wildman–Crippen MR) is 99.3 cm³/mol. The van der Waals surface area contributed by atoms with Gasteiger partial charge in [-0.3, -0.25) is 4.79 Å². The van der Waals surface area contributed by atoms with E-state index in [9.17, 15) is 4.79 Å². The normalized spacial score (nSPS) is 24.1. The van der Waals surface area contributed by atoms with Crippen molar-refractivity contribution in [1.82, 2.24) is 25.4 Å². The summed E-state index contributed by atoms with van der Waals surface area (Å²) >= 11 is 0. The lowest BCUT2D eigenvalue weighted by Gasteiger charge is -2.23. The van der Waals surface area contributed by atoms with Gasteiger partial charge in [0.15, 0.2) is 11.3 Å². The van der Waals surface area contributed by atoms with Crippen molar-refractivity contribution in [3.8, 4) is 5.88 Å². The molecule has 2 aromatic heterocycles. The third-order valence-corrected chi connectivity index (χ3v) is 5.48. The van der Waals surface area contributed by atoms with Crippen molar-refractivity contribution < 1.29 is 9.53 Å². The third-order valence-electron chi connectivity index (χ3n) is 5.48. The van der Waals surface area contributed by atoms with E-state index in [-0.39, 0.29) is 18.1 Å². The second-order valence-electron chi connectivity index (χ2n) is 7.65. The van der Waals surface area contributed by atoms with Crippen LogP contribution in [0.15, 0.2) is 12.1 Å². The zero-order chi connectivity index (χ0) is 18.1. The molecule has 0 spiro atoms. The fourth-order valence-electron chi connectivity index (χ4n) is 4.00. The van der Waals surface area contributed by atoms with Crippen LogP contribution in [0.5, 0.6) is 5.88 Å². The smallest absolute Gasteiger partial charge is 0.272 e. The van der Waals surface area contributed by atoms with Gasteiger partial charge in [-0.15, -0.1) is 0 Å². The van der Waals surface area contributed by atoms with E-state index in [0.29, 0.717) is 23.1 Å². The van der Waals surface area contributed by atoms with Crippen molar-refractivity contribution in [2.24, 2.45) is 13.0 Å². The Bertz CT molecular complexity index is 797. The van der Waals surface area contributed by atoms with E-state index in [1.165, 1.54) is 6.42 Å². The number of nitrogens with one attached hydrogen (secondary N) is 2. The van der Waals surface area contributed by atoms with E-state index in [0.717, 1.165) is 44.2 Å². The maximum Gasteiger partial charge on any atom is 0.272 e. The maximum atomic E-state index is 12.7. The lowest BCUT2D eigenvalue weighted by Crippen LogP contribution is -2.42. The average molecular weight is 357 g/mol. The first-order valence-electron chi connectivity index (χ1n) is 9.62. The number of nitrogens with zero attached hydrogens (tertiary/aromatic N) is 3. The van der Waals surface area contributed by atoms with Gasteiger partial charge in [-0.1, -0.05) is 6.92 Å². The van der Waals surface area contributed by atoms with E-state index in [4.69, 9.17) is 4.74 Å². The van der Waals surface area contributed by atoms with Crippen molar-refractivity contribution in [3.63, 3.8) is 0 Å². The van der Waals surface area contributed by atoms with Crippen LogP contribution in [-0.4, -0.2) is 45.9 Å². The summed E-state index contributed by atoms with van der Waals surface area (Å²) < 4.78 is 7.70. The quantitative estimate of drug-likeness (QED) is 0.875. The third kappa shape index (κ3) is 3.53. The van der Waals surface area contributed by atoms with E-state index in [1.807, 2.05) is 19.2 Å². The molecular formula is C19H27N5O2. The van der Waals surface area contributed by atoms with E-state index < -0.39 is 0 Å². The molecule has 3 heterocycles. The van der Waals surface area contributed by atoms with Gasteiger partial charge in [0.25, 0.3) is 5.91 Å². The fraction of sp³-hybridized carbons (Fsp3) is 0.632. The summed E-state index contributed by atoms with van der Waals surface area (Å²) in [7, 11) is 1.82. The van der Waals surface area contributed by atoms with Crippen LogP contribution in [0.1, 0.15) is 49.5 Å². The molecule has 1 amide bonds. The minimum atomic E-state index is -0.123. The molecule has 2 unspecified atom stereocenters. The number of ether oxygens (including phenoxy) is 1. The monoisotopic (exact) mass is 357 g/mol. The molecule has 0 bridgehead atoms. The standard InChI is InChI=1S/C19H27N5O2/c1-12-3-4-14(11-12)26-16-6-5-15-17(23-24(2)18(15)22-16)19(25)21-13-7-9-20-10-8-13/h5-6,12-14,20H,3-4,7-11H2,1-2H3,(H,21,25). The van der Waals surface area contributed by atoms with Crippen LogP contribution in [0, 0.1) is 5.92 Å². The van der Waals surface area contributed by atoms with Gasteiger partial charge in [0.05, 0.1) is 5.39 Å². The van der Waals surface area contributed by atoms with E-state index >= 15 is 0 Å². The summed E-state index contributed by atoms with van der Waals surface area (Å²) in [5.74, 6) is 1.21. The first-order chi connectivity index (χ1) is 12.6. The van der Waals surface area contributed by atoms with Gasteiger partial charge in [-0.05, 0) is 57.2 Å². The minimum Gasteiger partial charge on any atom is -0.474 e. The highest BCUT2D eigenvalue weighted by atomic mass is 16.5. The molecule has 140 valence electrons. The number of amides is 1. The molecule has 2 aromatic rings. The molecule has 2 N–H and O–H groups in total. The number of aromatic nitrogens is 3. The Labute approximate surface area is 153 Å². The summed E-state index contributed by atoms with van der Waals surface area (Å²) in [6.45, 7) is 4.14. The second-order valence-corrected chi connectivity index (χ2v) is 7.65. The highest BCUT2D eigenvalue weighted by molar-refractivity contribution is 6.04. The lowest BCUT2D eigenvalue weighted by atomic mass is 10.1. The van der Waals surface area contributed by atoms with Crippen molar-refractivity contribution in [2.45, 2.75) is 51.2 Å². The molecule has 1 aliphatic heterocycles. The zero-order valence-electron chi connectivity index (χ0n) is 15.5. The van der Waals surface area contributed by atoms with Crippen molar-refractivity contribution in [3.05, 3.63) is 17.8 Å². The lowest BCUT2D eigenvalue weighted by molar-refractivity contribution is 0.0925. The molecule has 7 heteroatoms. The molecule has 2 atom stereocenters. The molecule has 2 aliphatic rings. The molecule has 26 heavy (non-hydrogen) atoms. The van der Waals surface area contributed by atoms with E-state index in [1.54, 1.807) is 4.68 Å². The van der Waals surface area contributed by atoms with Crippen molar-refractivity contribution in [2.75, 3.05) is 13.1 Å². The molecule has 1 saturated heterocycles. The SMILES string of the molecule is CC1CCC(Oc2ccc3c(C(=O)NC4CCNCC4)nn(C)c3n2)C1. The highest BCUT2D eigenvalue weighted by Gasteiger charge is 2.25. The van der Waals surface area contributed by atoms with Crippen molar-refractivity contribution in [1.29, 1.82) is 0 Å². The first kappa shape index (κ1) is 17.3. The summed E-state index contributed by atoms with van der Waals surface area (Å²) in [6, 6.07) is 3.97. The number of hydrogen-bond acceptors (Lipinski definition) is 5. The molecule has 1 saturated carbocycles. The van der Waals surface area contributed by atoms with Gasteiger partial charge >= 0.3 is 0 Å². The minimum absolute atomic E-state index is 0.123. The number of pyridine rings is 1. The predicted octanol–water partition coefficient (Wildman–Crippen LogP) is 2.02. The molecule has 4 rings (SSSR count). The van der Waals surface area contributed by atoms with Gasteiger partial charge in [-0.25, -0.2) is 4.68 Å². The molecule has 1 aliphatic carbocycles. The fourth-order valence-corrected chi connectivity index (χ4v) is 4.00. The number of carbonyl (C=O) groups excluding carboxylic acids is 1. The topological polar surface area (TPSA) is 81.1 Å². The number of aryl methyl sites for hydroxylation is 1. The summed E-state index contributed by atoms with van der Waals surface area (Å²) in [6.07, 6.45) is 5.51. The van der Waals surface area contributed by atoms with Gasteiger partial charge in [0, 0.05) is 19.2 Å². The summed E-state index contributed by atoms with van der Waals surface area (Å²) in [5.41, 5.74) is 1.12. The Morgan fingerprint density at radius 2 is 2.08 bits per heavy atom. The molecule has 0 radical (unpaired) electrons. The van der Waals surface area contributed by atoms with Crippen LogP contribution in [0.25, 0.3) is 11.0 Å². The maximum absolute atomic E-state index is 12.7. The highest BCUT2D eigenvalue weighted by Crippen LogP contribution is 2.29. The zero-order valence-corrected chi connectivity index (χ0v) is 15.5. The van der Waals surface area contributed by atoms with E-state index in [2.05, 4.69) is 27.6 Å².